The van der Waals surface area contributed by atoms with Crippen LogP contribution in [-0.2, 0) is 0 Å². The molecule has 0 bridgehead atoms. The minimum Gasteiger partial charge on any atom is -0.247 e. The van der Waals surface area contributed by atoms with Crippen LogP contribution in [-0.4, -0.2) is 9.97 Å². The SMILES string of the molecule is Cc1ccc(-c2nc3ccccc3c3c2ccc2c(-c4ccc(C)cc4)nc4ccccc4c23)cc1. The van der Waals surface area contributed by atoms with Crippen LogP contribution in [0, 0.1) is 13.8 Å². The van der Waals surface area contributed by atoms with Crippen molar-refractivity contribution in [1.29, 1.82) is 0 Å². The van der Waals surface area contributed by atoms with Crippen LogP contribution in [0.4, 0.5) is 0 Å². The Morgan fingerprint density at radius 2 is 0.778 bits per heavy atom. The summed E-state index contributed by atoms with van der Waals surface area (Å²) in [5.41, 5.74) is 8.80. The number of aromatic nitrogens is 2. The van der Waals surface area contributed by atoms with Gasteiger partial charge in [-0.15, -0.1) is 0 Å². The minimum absolute atomic E-state index is 1.01. The van der Waals surface area contributed by atoms with Gasteiger partial charge in [0.2, 0.25) is 0 Å². The van der Waals surface area contributed by atoms with E-state index in [0.29, 0.717) is 0 Å². The van der Waals surface area contributed by atoms with E-state index in [1.165, 1.54) is 32.7 Å². The number of hydrogen-bond donors (Lipinski definition) is 0. The maximum atomic E-state index is 5.16. The van der Waals surface area contributed by atoms with Crippen molar-refractivity contribution in [1.82, 2.24) is 9.97 Å². The first-order valence-corrected chi connectivity index (χ1v) is 12.4. The van der Waals surface area contributed by atoms with E-state index >= 15 is 0 Å². The Balaban J connectivity index is 1.72. The standard InChI is InChI=1S/C34H24N2/c1-21-11-15-23(16-12-21)33-27-19-20-28-32(31(27)25-7-3-5-9-29(25)35-33)26-8-4-6-10-30(26)36-34(28)24-17-13-22(2)14-18-24/h3-20H,1-2H3. The number of fused-ring (bicyclic) bond motifs is 7. The van der Waals surface area contributed by atoms with Gasteiger partial charge < -0.3 is 0 Å². The van der Waals surface area contributed by atoms with Crippen molar-refractivity contribution in [3.8, 4) is 22.5 Å². The molecule has 0 amide bonds. The van der Waals surface area contributed by atoms with Crippen molar-refractivity contribution in [3.05, 3.63) is 120 Å². The zero-order valence-electron chi connectivity index (χ0n) is 20.3. The van der Waals surface area contributed by atoms with Crippen LogP contribution in [0.2, 0.25) is 0 Å². The Hall–Kier alpha value is -4.56. The molecule has 0 unspecified atom stereocenters. The van der Waals surface area contributed by atoms with E-state index < -0.39 is 0 Å². The Morgan fingerprint density at radius 1 is 0.389 bits per heavy atom. The Morgan fingerprint density at radius 3 is 1.19 bits per heavy atom. The normalized spacial score (nSPS) is 11.6. The van der Waals surface area contributed by atoms with E-state index in [4.69, 9.17) is 9.97 Å². The van der Waals surface area contributed by atoms with Crippen LogP contribution < -0.4 is 0 Å². The van der Waals surface area contributed by atoms with Gasteiger partial charge in [0.25, 0.3) is 0 Å². The van der Waals surface area contributed by atoms with Gasteiger partial charge in [0.1, 0.15) is 0 Å². The Bertz CT molecular complexity index is 1790. The van der Waals surface area contributed by atoms with Gasteiger partial charge in [0.15, 0.2) is 0 Å². The first kappa shape index (κ1) is 20.8. The van der Waals surface area contributed by atoms with E-state index in [9.17, 15) is 0 Å². The molecule has 7 rings (SSSR count). The van der Waals surface area contributed by atoms with E-state index in [2.05, 4.69) is 123 Å². The van der Waals surface area contributed by atoms with Gasteiger partial charge in [0, 0.05) is 43.4 Å². The number of aryl methyl sites for hydroxylation is 2. The van der Waals surface area contributed by atoms with Crippen molar-refractivity contribution in [3.63, 3.8) is 0 Å². The molecule has 0 radical (unpaired) electrons. The number of hydrogen-bond acceptors (Lipinski definition) is 2. The van der Waals surface area contributed by atoms with Crippen LogP contribution in [0.25, 0.3) is 65.9 Å². The molecule has 7 aromatic rings. The molecule has 0 atom stereocenters. The fourth-order valence-electron chi connectivity index (χ4n) is 5.35. The number of pyridine rings is 2. The lowest BCUT2D eigenvalue weighted by molar-refractivity contribution is 1.40. The summed E-state index contributed by atoms with van der Waals surface area (Å²) in [6, 6.07) is 38.8. The summed E-state index contributed by atoms with van der Waals surface area (Å²) in [7, 11) is 0. The second kappa shape index (κ2) is 8.00. The second-order valence-electron chi connectivity index (χ2n) is 9.60. The van der Waals surface area contributed by atoms with Crippen LogP contribution in [0.3, 0.4) is 0 Å². The van der Waals surface area contributed by atoms with Gasteiger partial charge in [-0.2, -0.15) is 0 Å². The van der Waals surface area contributed by atoms with Crippen molar-refractivity contribution in [2.75, 3.05) is 0 Å². The van der Waals surface area contributed by atoms with Gasteiger partial charge in [-0.1, -0.05) is 108 Å². The molecule has 0 aliphatic carbocycles. The zero-order chi connectivity index (χ0) is 24.2. The lowest BCUT2D eigenvalue weighted by Crippen LogP contribution is -1.94. The third kappa shape index (κ3) is 3.19. The molecule has 2 heterocycles. The topological polar surface area (TPSA) is 25.8 Å². The summed E-state index contributed by atoms with van der Waals surface area (Å²) >= 11 is 0. The predicted molar refractivity (Wildman–Crippen MR) is 152 cm³/mol. The molecule has 2 aromatic heterocycles. The molecule has 2 nitrogen and oxygen atoms in total. The van der Waals surface area contributed by atoms with Crippen LogP contribution in [0.5, 0.6) is 0 Å². The lowest BCUT2D eigenvalue weighted by atomic mass is 9.91. The summed E-state index contributed by atoms with van der Waals surface area (Å²) in [4.78, 5) is 10.3. The summed E-state index contributed by atoms with van der Waals surface area (Å²) in [6.07, 6.45) is 0. The molecule has 36 heavy (non-hydrogen) atoms. The fourth-order valence-corrected chi connectivity index (χ4v) is 5.35. The van der Waals surface area contributed by atoms with Gasteiger partial charge >= 0.3 is 0 Å². The summed E-state index contributed by atoms with van der Waals surface area (Å²) in [6.45, 7) is 4.24. The summed E-state index contributed by atoms with van der Waals surface area (Å²) < 4.78 is 0. The van der Waals surface area contributed by atoms with E-state index in [1.54, 1.807) is 0 Å². The number of nitrogens with zero attached hydrogens (tertiary/aromatic N) is 2. The molecule has 0 spiro atoms. The van der Waals surface area contributed by atoms with Crippen LogP contribution in [0.1, 0.15) is 11.1 Å². The number of benzene rings is 5. The summed E-state index contributed by atoms with van der Waals surface area (Å²) in [5.74, 6) is 0. The highest BCUT2D eigenvalue weighted by molar-refractivity contribution is 6.30. The highest BCUT2D eigenvalue weighted by atomic mass is 14.7. The van der Waals surface area contributed by atoms with E-state index in [-0.39, 0.29) is 0 Å². The van der Waals surface area contributed by atoms with Crippen molar-refractivity contribution >= 4 is 43.4 Å². The van der Waals surface area contributed by atoms with E-state index in [0.717, 1.165) is 44.3 Å². The fraction of sp³-hybridized carbons (Fsp3) is 0.0588. The minimum atomic E-state index is 1.01. The lowest BCUT2D eigenvalue weighted by Gasteiger charge is -2.16. The molecule has 0 aliphatic rings. The maximum absolute atomic E-state index is 5.16. The third-order valence-corrected chi connectivity index (χ3v) is 7.18. The molecule has 0 aliphatic heterocycles. The van der Waals surface area contributed by atoms with Crippen molar-refractivity contribution in [2.24, 2.45) is 0 Å². The molecule has 0 fully saturated rings. The van der Waals surface area contributed by atoms with Crippen LogP contribution in [0.15, 0.2) is 109 Å². The largest absolute Gasteiger partial charge is 0.247 e. The number of para-hydroxylation sites is 2. The second-order valence-corrected chi connectivity index (χ2v) is 9.60. The molecule has 170 valence electrons. The first-order valence-electron chi connectivity index (χ1n) is 12.4. The summed E-state index contributed by atoms with van der Waals surface area (Å²) in [5, 5.41) is 7.13. The van der Waals surface area contributed by atoms with Gasteiger partial charge in [-0.05, 0) is 26.0 Å². The van der Waals surface area contributed by atoms with Crippen molar-refractivity contribution in [2.45, 2.75) is 13.8 Å². The quantitative estimate of drug-likeness (QED) is 0.241. The Labute approximate surface area is 209 Å². The smallest absolute Gasteiger partial charge is 0.0788 e. The molecular weight excluding hydrogens is 436 g/mol. The monoisotopic (exact) mass is 460 g/mol. The third-order valence-electron chi connectivity index (χ3n) is 7.18. The highest BCUT2D eigenvalue weighted by Crippen LogP contribution is 2.42. The van der Waals surface area contributed by atoms with Crippen LogP contribution >= 0.6 is 0 Å². The average molecular weight is 461 g/mol. The Kier molecular flexibility index (Phi) is 4.62. The van der Waals surface area contributed by atoms with Crippen molar-refractivity contribution < 1.29 is 0 Å². The number of rotatable bonds is 2. The maximum Gasteiger partial charge on any atom is 0.0788 e. The zero-order valence-corrected chi connectivity index (χ0v) is 20.3. The van der Waals surface area contributed by atoms with E-state index in [1.807, 2.05) is 0 Å². The van der Waals surface area contributed by atoms with Gasteiger partial charge in [-0.25, -0.2) is 9.97 Å². The molecular formula is C34H24N2. The average Bonchev–Trinajstić information content (AvgIpc) is 2.92. The first-order chi connectivity index (χ1) is 17.7. The predicted octanol–water partition coefficient (Wildman–Crippen LogP) is 9.04. The molecule has 5 aromatic carbocycles. The molecule has 0 saturated heterocycles. The van der Waals surface area contributed by atoms with Gasteiger partial charge in [0.05, 0.1) is 22.4 Å². The van der Waals surface area contributed by atoms with Gasteiger partial charge in [-0.3, -0.25) is 0 Å². The molecule has 2 heteroatoms. The highest BCUT2D eigenvalue weighted by Gasteiger charge is 2.18. The molecule has 0 N–H and O–H groups in total. The molecule has 0 saturated carbocycles.